The molecule has 1 aromatic rings. The predicted molar refractivity (Wildman–Crippen MR) is 64.8 cm³/mol. The zero-order valence-corrected chi connectivity index (χ0v) is 10.9. The first kappa shape index (κ1) is 13.9. The average Bonchev–Trinajstić information content (AvgIpc) is 2.27. The fourth-order valence-corrected chi connectivity index (χ4v) is 2.31. The molecule has 1 atom stereocenters. The number of carbonyl (C=O) groups excluding carboxylic acids is 1. The molecular formula is C12H16O4S. The maximum atomic E-state index is 12.1. The smallest absolute Gasteiger partial charge is 0.195 e. The Balaban J connectivity index is 3.39. The zero-order chi connectivity index (χ0) is 13.3. The van der Waals surface area contributed by atoms with E-state index >= 15 is 0 Å². The van der Waals surface area contributed by atoms with Gasteiger partial charge in [-0.3, -0.25) is 4.79 Å². The first-order valence-corrected chi connectivity index (χ1v) is 7.15. The van der Waals surface area contributed by atoms with E-state index in [2.05, 4.69) is 0 Å². The summed E-state index contributed by atoms with van der Waals surface area (Å²) in [7, 11) is -3.48. The molecule has 0 aliphatic carbocycles. The van der Waals surface area contributed by atoms with Crippen LogP contribution in [0.15, 0.2) is 29.2 Å². The summed E-state index contributed by atoms with van der Waals surface area (Å²) in [4.78, 5) is 12.0. The number of rotatable bonds is 4. The van der Waals surface area contributed by atoms with Crippen LogP contribution in [0.3, 0.4) is 0 Å². The number of benzene rings is 1. The van der Waals surface area contributed by atoms with Gasteiger partial charge in [0, 0.05) is 11.8 Å². The van der Waals surface area contributed by atoms with Crippen molar-refractivity contribution in [1.82, 2.24) is 0 Å². The molecule has 0 amide bonds. The van der Waals surface area contributed by atoms with Gasteiger partial charge in [-0.1, -0.05) is 19.1 Å². The second kappa shape index (κ2) is 4.58. The van der Waals surface area contributed by atoms with Gasteiger partial charge in [0.25, 0.3) is 0 Å². The van der Waals surface area contributed by atoms with E-state index < -0.39 is 21.2 Å². The summed E-state index contributed by atoms with van der Waals surface area (Å²) in [6.45, 7) is 3.05. The average molecular weight is 256 g/mol. The van der Waals surface area contributed by atoms with Crippen molar-refractivity contribution < 1.29 is 18.3 Å². The molecule has 0 bridgehead atoms. The Morgan fingerprint density at radius 2 is 1.88 bits per heavy atom. The lowest BCUT2D eigenvalue weighted by Gasteiger charge is -2.20. The third-order valence-corrected chi connectivity index (χ3v) is 3.86. The molecule has 0 saturated heterocycles. The monoisotopic (exact) mass is 256 g/mol. The Morgan fingerprint density at radius 1 is 1.35 bits per heavy atom. The maximum Gasteiger partial charge on any atom is 0.195 e. The van der Waals surface area contributed by atoms with E-state index in [4.69, 9.17) is 0 Å². The molecule has 1 N–H and O–H groups in total. The van der Waals surface area contributed by atoms with Crippen LogP contribution in [0.4, 0.5) is 0 Å². The highest BCUT2D eigenvalue weighted by molar-refractivity contribution is 7.90. The van der Waals surface area contributed by atoms with E-state index in [0.29, 0.717) is 0 Å². The van der Waals surface area contributed by atoms with Gasteiger partial charge in [0.2, 0.25) is 0 Å². The molecule has 0 unspecified atom stereocenters. The summed E-state index contributed by atoms with van der Waals surface area (Å²) >= 11 is 0. The van der Waals surface area contributed by atoms with Crippen molar-refractivity contribution in [3.05, 3.63) is 29.8 Å². The van der Waals surface area contributed by atoms with Crippen molar-refractivity contribution in [3.63, 3.8) is 0 Å². The molecule has 1 aromatic carbocycles. The summed E-state index contributed by atoms with van der Waals surface area (Å²) < 4.78 is 23.1. The van der Waals surface area contributed by atoms with Crippen LogP contribution in [0, 0.1) is 0 Å². The zero-order valence-electron chi connectivity index (χ0n) is 10.1. The van der Waals surface area contributed by atoms with Crippen LogP contribution in [-0.4, -0.2) is 31.2 Å². The van der Waals surface area contributed by atoms with E-state index in [1.165, 1.54) is 19.1 Å². The second-order valence-electron chi connectivity index (χ2n) is 4.22. The van der Waals surface area contributed by atoms with E-state index in [1.807, 2.05) is 0 Å². The number of aliphatic hydroxyl groups is 1. The van der Waals surface area contributed by atoms with Crippen LogP contribution < -0.4 is 0 Å². The predicted octanol–water partition coefficient (Wildman–Crippen LogP) is 1.43. The molecule has 0 fully saturated rings. The highest BCUT2D eigenvalue weighted by Gasteiger charge is 2.32. The third kappa shape index (κ3) is 2.92. The Kier molecular flexibility index (Phi) is 3.74. The quantitative estimate of drug-likeness (QED) is 0.827. The van der Waals surface area contributed by atoms with Gasteiger partial charge in [-0.2, -0.15) is 0 Å². The number of carbonyl (C=O) groups is 1. The Labute approximate surface area is 101 Å². The van der Waals surface area contributed by atoms with E-state index in [9.17, 15) is 18.3 Å². The molecule has 4 nitrogen and oxygen atoms in total. The van der Waals surface area contributed by atoms with Gasteiger partial charge in [-0.25, -0.2) is 8.42 Å². The summed E-state index contributed by atoms with van der Waals surface area (Å²) in [5, 5.41) is 9.89. The minimum absolute atomic E-state index is 0.0428. The fourth-order valence-electron chi connectivity index (χ4n) is 1.43. The van der Waals surface area contributed by atoms with Crippen molar-refractivity contribution in [1.29, 1.82) is 0 Å². The molecule has 0 aliphatic rings. The van der Waals surface area contributed by atoms with E-state index in [0.717, 1.165) is 6.26 Å². The Bertz CT molecular complexity index is 529. The first-order chi connectivity index (χ1) is 7.70. The third-order valence-electron chi connectivity index (χ3n) is 2.71. The van der Waals surface area contributed by atoms with Gasteiger partial charge in [-0.05, 0) is 25.5 Å². The summed E-state index contributed by atoms with van der Waals surface area (Å²) in [5.74, 6) is -0.568. The topological polar surface area (TPSA) is 71.4 Å². The molecule has 0 aromatic heterocycles. The van der Waals surface area contributed by atoms with Gasteiger partial charge in [0.1, 0.15) is 5.60 Å². The summed E-state index contributed by atoms with van der Waals surface area (Å²) in [5.41, 5.74) is -1.50. The minimum atomic E-state index is -3.48. The number of hydrogen-bond donors (Lipinski definition) is 1. The van der Waals surface area contributed by atoms with Crippen LogP contribution in [0.5, 0.6) is 0 Å². The van der Waals surface area contributed by atoms with Crippen LogP contribution in [-0.2, 0) is 9.84 Å². The lowest BCUT2D eigenvalue weighted by Crippen LogP contribution is -2.35. The van der Waals surface area contributed by atoms with Gasteiger partial charge in [0.15, 0.2) is 15.6 Å². The molecule has 0 spiro atoms. The standard InChI is InChI=1S/C12H16O4S/c1-4-12(2,14)11(13)9-7-5-6-8-10(9)17(3,15)16/h5-8,14H,4H2,1-3H3/t12-/m0/s1. The van der Waals surface area contributed by atoms with Crippen LogP contribution >= 0.6 is 0 Å². The second-order valence-corrected chi connectivity index (χ2v) is 6.21. The fraction of sp³-hybridized carbons (Fsp3) is 0.417. The number of ketones is 1. The van der Waals surface area contributed by atoms with Crippen molar-refractivity contribution in [2.75, 3.05) is 6.26 Å². The molecule has 0 radical (unpaired) electrons. The normalized spacial score (nSPS) is 15.3. The number of hydrogen-bond acceptors (Lipinski definition) is 4. The first-order valence-electron chi connectivity index (χ1n) is 5.26. The highest BCUT2D eigenvalue weighted by Crippen LogP contribution is 2.22. The van der Waals surface area contributed by atoms with Gasteiger partial charge >= 0.3 is 0 Å². The van der Waals surface area contributed by atoms with Crippen LogP contribution in [0.2, 0.25) is 0 Å². The van der Waals surface area contributed by atoms with Crippen LogP contribution in [0.1, 0.15) is 30.6 Å². The van der Waals surface area contributed by atoms with Crippen molar-refractivity contribution >= 4 is 15.6 Å². The Morgan fingerprint density at radius 3 is 2.35 bits per heavy atom. The Hall–Kier alpha value is -1.20. The maximum absolute atomic E-state index is 12.1. The van der Waals surface area contributed by atoms with E-state index in [-0.39, 0.29) is 16.9 Å². The highest BCUT2D eigenvalue weighted by atomic mass is 32.2. The van der Waals surface area contributed by atoms with Crippen molar-refractivity contribution in [3.8, 4) is 0 Å². The molecule has 0 heterocycles. The SMILES string of the molecule is CC[C@](C)(O)C(=O)c1ccccc1S(C)(=O)=O. The molecule has 5 heteroatoms. The van der Waals surface area contributed by atoms with Gasteiger partial charge in [-0.15, -0.1) is 0 Å². The molecule has 94 valence electrons. The minimum Gasteiger partial charge on any atom is -0.382 e. The molecular weight excluding hydrogens is 240 g/mol. The lowest BCUT2D eigenvalue weighted by atomic mass is 9.92. The van der Waals surface area contributed by atoms with Gasteiger partial charge in [0.05, 0.1) is 4.90 Å². The van der Waals surface area contributed by atoms with E-state index in [1.54, 1.807) is 19.1 Å². The molecule has 0 aliphatic heterocycles. The summed E-state index contributed by atoms with van der Waals surface area (Å²) in [6.07, 6.45) is 1.27. The van der Waals surface area contributed by atoms with Crippen molar-refractivity contribution in [2.24, 2.45) is 0 Å². The molecule has 17 heavy (non-hydrogen) atoms. The number of sulfone groups is 1. The number of Topliss-reactive ketones (excluding diaryl/α,β-unsaturated/α-hetero) is 1. The van der Waals surface area contributed by atoms with Crippen molar-refractivity contribution in [2.45, 2.75) is 30.8 Å². The largest absolute Gasteiger partial charge is 0.382 e. The van der Waals surface area contributed by atoms with Gasteiger partial charge < -0.3 is 5.11 Å². The molecule has 0 saturated carbocycles. The summed E-state index contributed by atoms with van der Waals surface area (Å²) in [6, 6.07) is 5.92. The lowest BCUT2D eigenvalue weighted by molar-refractivity contribution is 0.0387. The van der Waals surface area contributed by atoms with Crippen LogP contribution in [0.25, 0.3) is 0 Å². The molecule has 1 rings (SSSR count).